The summed E-state index contributed by atoms with van der Waals surface area (Å²) < 4.78 is 5.99. The van der Waals surface area contributed by atoms with Crippen LogP contribution in [0.1, 0.15) is 5.89 Å². The van der Waals surface area contributed by atoms with Crippen molar-refractivity contribution >= 4 is 22.9 Å². The van der Waals surface area contributed by atoms with Gasteiger partial charge in [-0.15, -0.1) is 11.3 Å². The molecule has 0 aliphatic rings. The molecule has 0 aromatic carbocycles. The summed E-state index contributed by atoms with van der Waals surface area (Å²) in [5.41, 5.74) is 6.22. The molecule has 0 radical (unpaired) electrons. The van der Waals surface area contributed by atoms with Gasteiger partial charge in [-0.2, -0.15) is 0 Å². The van der Waals surface area contributed by atoms with Crippen LogP contribution in [0.5, 0.6) is 0 Å². The Morgan fingerprint density at radius 2 is 2.36 bits per heavy atom. The molecule has 74 valence electrons. The zero-order valence-corrected chi connectivity index (χ0v) is 8.94. The van der Waals surface area contributed by atoms with Gasteiger partial charge in [0.05, 0.1) is 9.21 Å². The zero-order chi connectivity index (χ0) is 9.97. The third-order valence-corrected chi connectivity index (χ3v) is 2.99. The van der Waals surface area contributed by atoms with E-state index < -0.39 is 0 Å². The van der Waals surface area contributed by atoms with Crippen molar-refractivity contribution in [2.24, 2.45) is 5.73 Å². The summed E-state index contributed by atoms with van der Waals surface area (Å²) in [6.45, 7) is 0.547. The lowest BCUT2D eigenvalue weighted by Gasteiger charge is -1.87. The molecular weight excluding hydrogens is 220 g/mol. The first-order valence-corrected chi connectivity index (χ1v) is 5.39. The summed E-state index contributed by atoms with van der Waals surface area (Å²) in [7, 11) is 0. The fourth-order valence-corrected chi connectivity index (χ4v) is 2.11. The van der Waals surface area contributed by atoms with Crippen molar-refractivity contribution < 1.29 is 4.42 Å². The summed E-state index contributed by atoms with van der Waals surface area (Å²) in [5.74, 6) is 0.673. The molecule has 0 aliphatic carbocycles. The summed E-state index contributed by atoms with van der Waals surface area (Å²) in [6, 6.07) is 3.77. The standard InChI is InChI=1S/C9H9ClN2OS/c10-8-2-1-7(14-8)6-5-13-9(12-6)3-4-11/h1-2,5H,3-4,11H2. The Morgan fingerprint density at radius 3 is 3.00 bits per heavy atom. The lowest BCUT2D eigenvalue weighted by Crippen LogP contribution is -2.02. The van der Waals surface area contributed by atoms with Gasteiger partial charge >= 0.3 is 0 Å². The first-order chi connectivity index (χ1) is 6.79. The second-order valence-electron chi connectivity index (χ2n) is 2.77. The van der Waals surface area contributed by atoms with Crippen molar-refractivity contribution in [2.45, 2.75) is 6.42 Å². The molecule has 0 aliphatic heterocycles. The number of halogens is 1. The van der Waals surface area contributed by atoms with Crippen LogP contribution in [0.25, 0.3) is 10.6 Å². The van der Waals surface area contributed by atoms with Gasteiger partial charge in [0.25, 0.3) is 0 Å². The van der Waals surface area contributed by atoms with E-state index in [0.29, 0.717) is 18.9 Å². The van der Waals surface area contributed by atoms with Crippen LogP contribution < -0.4 is 5.73 Å². The maximum absolute atomic E-state index is 5.82. The predicted molar refractivity (Wildman–Crippen MR) is 57.6 cm³/mol. The van der Waals surface area contributed by atoms with Crippen molar-refractivity contribution in [1.82, 2.24) is 4.98 Å². The van der Waals surface area contributed by atoms with E-state index in [2.05, 4.69) is 4.98 Å². The molecule has 2 rings (SSSR count). The van der Waals surface area contributed by atoms with Gasteiger partial charge < -0.3 is 10.2 Å². The quantitative estimate of drug-likeness (QED) is 0.879. The average molecular weight is 229 g/mol. The molecule has 5 heteroatoms. The molecule has 2 aromatic heterocycles. The molecule has 0 fully saturated rings. The van der Waals surface area contributed by atoms with Crippen LogP contribution in [0.4, 0.5) is 0 Å². The van der Waals surface area contributed by atoms with Gasteiger partial charge in [-0.25, -0.2) is 4.98 Å². The third-order valence-electron chi connectivity index (χ3n) is 1.74. The van der Waals surface area contributed by atoms with Gasteiger partial charge in [0.15, 0.2) is 5.89 Å². The van der Waals surface area contributed by atoms with Crippen molar-refractivity contribution in [3.63, 3.8) is 0 Å². The van der Waals surface area contributed by atoms with Gasteiger partial charge in [-0.3, -0.25) is 0 Å². The molecule has 14 heavy (non-hydrogen) atoms. The van der Waals surface area contributed by atoms with Crippen molar-refractivity contribution in [1.29, 1.82) is 0 Å². The number of hydrogen-bond acceptors (Lipinski definition) is 4. The topological polar surface area (TPSA) is 52.0 Å². The van der Waals surface area contributed by atoms with Crippen LogP contribution >= 0.6 is 22.9 Å². The van der Waals surface area contributed by atoms with E-state index in [1.165, 1.54) is 11.3 Å². The number of nitrogens with zero attached hydrogens (tertiary/aromatic N) is 1. The Bertz CT molecular complexity index is 424. The fourth-order valence-electron chi connectivity index (χ4n) is 1.11. The smallest absolute Gasteiger partial charge is 0.195 e. The molecule has 2 heterocycles. The Kier molecular flexibility index (Phi) is 2.86. The zero-order valence-electron chi connectivity index (χ0n) is 7.37. The fraction of sp³-hybridized carbons (Fsp3) is 0.222. The van der Waals surface area contributed by atoms with Gasteiger partial charge in [0.2, 0.25) is 0 Å². The largest absolute Gasteiger partial charge is 0.448 e. The van der Waals surface area contributed by atoms with Crippen LogP contribution in [0.3, 0.4) is 0 Å². The normalized spacial score (nSPS) is 10.7. The Labute approximate surface area is 90.5 Å². The number of rotatable bonds is 3. The number of thiophene rings is 1. The highest BCUT2D eigenvalue weighted by Gasteiger charge is 2.07. The molecule has 0 saturated heterocycles. The molecule has 3 nitrogen and oxygen atoms in total. The van der Waals surface area contributed by atoms with Crippen molar-refractivity contribution in [2.75, 3.05) is 6.54 Å². The lowest BCUT2D eigenvalue weighted by atomic mass is 10.4. The predicted octanol–water partition coefficient (Wildman–Crippen LogP) is 2.56. The molecule has 0 unspecified atom stereocenters. The van der Waals surface area contributed by atoms with Gasteiger partial charge in [-0.1, -0.05) is 11.6 Å². The molecule has 2 N–H and O–H groups in total. The van der Waals surface area contributed by atoms with Crippen LogP contribution in [-0.2, 0) is 6.42 Å². The van der Waals surface area contributed by atoms with E-state index in [1.807, 2.05) is 12.1 Å². The average Bonchev–Trinajstić information content (AvgIpc) is 2.74. The van der Waals surface area contributed by atoms with E-state index >= 15 is 0 Å². The first kappa shape index (κ1) is 9.71. The molecule has 2 aromatic rings. The van der Waals surface area contributed by atoms with Crippen LogP contribution in [0.15, 0.2) is 22.8 Å². The van der Waals surface area contributed by atoms with Crippen LogP contribution in [-0.4, -0.2) is 11.5 Å². The second kappa shape index (κ2) is 4.13. The highest BCUT2D eigenvalue weighted by atomic mass is 35.5. The highest BCUT2D eigenvalue weighted by molar-refractivity contribution is 7.19. The molecule has 0 spiro atoms. The Balaban J connectivity index is 2.24. The lowest BCUT2D eigenvalue weighted by molar-refractivity contribution is 0.496. The maximum Gasteiger partial charge on any atom is 0.195 e. The van der Waals surface area contributed by atoms with Gasteiger partial charge in [0, 0.05) is 13.0 Å². The Hall–Kier alpha value is -0.840. The van der Waals surface area contributed by atoms with Gasteiger partial charge in [-0.05, 0) is 12.1 Å². The van der Waals surface area contributed by atoms with E-state index in [-0.39, 0.29) is 0 Å². The monoisotopic (exact) mass is 228 g/mol. The minimum absolute atomic E-state index is 0.547. The number of oxazole rings is 1. The molecule has 0 atom stereocenters. The Morgan fingerprint density at radius 1 is 1.50 bits per heavy atom. The summed E-state index contributed by atoms with van der Waals surface area (Å²) in [5, 5.41) is 0. The maximum atomic E-state index is 5.82. The second-order valence-corrected chi connectivity index (χ2v) is 4.48. The molecule has 0 saturated carbocycles. The van der Waals surface area contributed by atoms with E-state index in [4.69, 9.17) is 21.8 Å². The highest BCUT2D eigenvalue weighted by Crippen LogP contribution is 2.30. The number of aromatic nitrogens is 1. The molecular formula is C9H9ClN2OS. The number of hydrogen-bond donors (Lipinski definition) is 1. The van der Waals surface area contributed by atoms with Crippen LogP contribution in [0, 0.1) is 0 Å². The summed E-state index contributed by atoms with van der Waals surface area (Å²) >= 11 is 7.30. The summed E-state index contributed by atoms with van der Waals surface area (Å²) in [6.07, 6.45) is 2.30. The van der Waals surface area contributed by atoms with Gasteiger partial charge in [0.1, 0.15) is 12.0 Å². The third kappa shape index (κ3) is 1.97. The van der Waals surface area contributed by atoms with Crippen molar-refractivity contribution in [3.8, 4) is 10.6 Å². The van der Waals surface area contributed by atoms with E-state index in [1.54, 1.807) is 6.26 Å². The molecule has 0 bridgehead atoms. The summed E-state index contributed by atoms with van der Waals surface area (Å²) in [4.78, 5) is 5.30. The minimum Gasteiger partial charge on any atom is -0.448 e. The minimum atomic E-state index is 0.547. The van der Waals surface area contributed by atoms with Crippen LogP contribution in [0.2, 0.25) is 4.34 Å². The number of nitrogens with two attached hydrogens (primary N) is 1. The van der Waals surface area contributed by atoms with Crippen molar-refractivity contribution in [3.05, 3.63) is 28.6 Å². The SMILES string of the molecule is NCCc1nc(-c2ccc(Cl)s2)co1. The molecule has 0 amide bonds. The first-order valence-electron chi connectivity index (χ1n) is 4.20. The van der Waals surface area contributed by atoms with E-state index in [9.17, 15) is 0 Å². The van der Waals surface area contributed by atoms with E-state index in [0.717, 1.165) is 14.9 Å².